The molecule has 1 N–H and O–H groups in total. The number of nitrogens with zero attached hydrogens (tertiary/aromatic N) is 5. The third-order valence-electron chi connectivity index (χ3n) is 10.6. The molecule has 11 heteroatoms. The first kappa shape index (κ1) is 30.0. The fourth-order valence-electron chi connectivity index (χ4n) is 8.45. The van der Waals surface area contributed by atoms with Crippen LogP contribution in [0.5, 0.6) is 5.75 Å². The molecule has 1 saturated carbocycles. The molecule has 8 rings (SSSR count). The summed E-state index contributed by atoms with van der Waals surface area (Å²) in [5, 5.41) is 11.8. The van der Waals surface area contributed by atoms with Gasteiger partial charge in [0, 0.05) is 72.2 Å². The van der Waals surface area contributed by atoms with Gasteiger partial charge in [-0.2, -0.15) is 0 Å². The monoisotopic (exact) mass is 649 g/mol. The Morgan fingerprint density at radius 1 is 1.15 bits per heavy atom. The van der Waals surface area contributed by atoms with Crippen LogP contribution in [0.1, 0.15) is 69.0 Å². The number of piperazine rings is 1. The number of halogens is 3. The van der Waals surface area contributed by atoms with Crippen LogP contribution in [0.4, 0.5) is 14.6 Å². The molecule has 242 valence electrons. The molecule has 1 aliphatic carbocycles. The minimum atomic E-state index is -0.932. The van der Waals surface area contributed by atoms with E-state index in [0.29, 0.717) is 58.9 Å². The molecule has 46 heavy (non-hydrogen) atoms. The number of carbonyl (C=O) groups excluding carboxylic acids is 1. The van der Waals surface area contributed by atoms with Gasteiger partial charge in [-0.3, -0.25) is 14.7 Å². The van der Waals surface area contributed by atoms with Gasteiger partial charge in [-0.15, -0.1) is 0 Å². The maximum absolute atomic E-state index is 16.8. The number of amides is 1. The van der Waals surface area contributed by atoms with Crippen molar-refractivity contribution < 1.29 is 23.4 Å². The van der Waals surface area contributed by atoms with Gasteiger partial charge in [-0.1, -0.05) is 17.7 Å². The van der Waals surface area contributed by atoms with Gasteiger partial charge in [0.25, 0.3) is 0 Å². The Hall–Kier alpha value is -3.34. The molecule has 4 atom stereocenters. The van der Waals surface area contributed by atoms with Crippen molar-refractivity contribution in [1.29, 1.82) is 0 Å². The van der Waals surface area contributed by atoms with Gasteiger partial charge in [0.1, 0.15) is 29.2 Å². The third kappa shape index (κ3) is 5.04. The highest BCUT2D eigenvalue weighted by Crippen LogP contribution is 2.49. The number of pyridine rings is 2. The van der Waals surface area contributed by atoms with E-state index >= 15 is 4.39 Å². The van der Waals surface area contributed by atoms with E-state index in [1.807, 2.05) is 11.8 Å². The van der Waals surface area contributed by atoms with E-state index < -0.39 is 17.7 Å². The number of phenolic OH excluding ortho intramolecular Hbond substituents is 1. The number of aromatic hydroxyl groups is 1. The molecule has 8 nitrogen and oxygen atoms in total. The number of anilines is 1. The molecule has 2 aromatic heterocycles. The number of aromatic nitrogens is 2. The molecule has 4 unspecified atom stereocenters. The van der Waals surface area contributed by atoms with Crippen LogP contribution < -0.4 is 4.90 Å². The van der Waals surface area contributed by atoms with Crippen molar-refractivity contribution in [2.45, 2.75) is 88.4 Å². The minimum absolute atomic E-state index is 0.0197. The van der Waals surface area contributed by atoms with Gasteiger partial charge in [0.05, 0.1) is 12.3 Å². The van der Waals surface area contributed by atoms with Crippen molar-refractivity contribution in [2.24, 2.45) is 0 Å². The van der Waals surface area contributed by atoms with Crippen LogP contribution in [0, 0.1) is 5.82 Å². The van der Waals surface area contributed by atoms with Crippen LogP contribution in [0.25, 0.3) is 22.0 Å². The maximum Gasteiger partial charge on any atom is 0.246 e. The SMILES string of the molecule is C/C=C/C(=O)N1C2CCC1CN(c1nc(COC34CCCN3CC(F)C4)cc3c(F)c(-c4cc(O)cc(Cl)c4C4CC4)ncc13)C2. The number of carbonyl (C=O) groups is 1. The van der Waals surface area contributed by atoms with Gasteiger partial charge < -0.3 is 19.6 Å². The lowest BCUT2D eigenvalue weighted by molar-refractivity contribution is -0.129. The van der Waals surface area contributed by atoms with E-state index in [0.717, 1.165) is 50.6 Å². The quantitative estimate of drug-likeness (QED) is 0.294. The number of phenols is 1. The normalized spacial score (nSPS) is 27.8. The topological polar surface area (TPSA) is 82.0 Å². The van der Waals surface area contributed by atoms with Crippen LogP contribution in [-0.2, 0) is 16.1 Å². The highest BCUT2D eigenvalue weighted by atomic mass is 35.5. The number of hydrogen-bond donors (Lipinski definition) is 1. The van der Waals surface area contributed by atoms with Crippen molar-refractivity contribution in [1.82, 2.24) is 19.8 Å². The largest absolute Gasteiger partial charge is 0.508 e. The van der Waals surface area contributed by atoms with Crippen molar-refractivity contribution in [3.8, 4) is 17.0 Å². The van der Waals surface area contributed by atoms with Gasteiger partial charge >= 0.3 is 0 Å². The number of alkyl halides is 1. The highest BCUT2D eigenvalue weighted by molar-refractivity contribution is 6.32. The zero-order valence-electron chi connectivity index (χ0n) is 25.9. The first-order valence-corrected chi connectivity index (χ1v) is 16.9. The molecule has 1 aromatic carbocycles. The van der Waals surface area contributed by atoms with Crippen molar-refractivity contribution in [3.63, 3.8) is 0 Å². The van der Waals surface area contributed by atoms with Crippen LogP contribution in [0.3, 0.4) is 0 Å². The predicted octanol–water partition coefficient (Wildman–Crippen LogP) is 6.48. The van der Waals surface area contributed by atoms with Crippen LogP contribution in [-0.4, -0.2) is 80.9 Å². The molecule has 3 aromatic rings. The lowest BCUT2D eigenvalue weighted by atomic mass is 9.97. The van der Waals surface area contributed by atoms with Crippen LogP contribution in [0.2, 0.25) is 5.02 Å². The first-order chi connectivity index (χ1) is 22.2. The molecule has 5 aliphatic rings. The second kappa shape index (κ2) is 11.4. The van der Waals surface area contributed by atoms with Crippen molar-refractivity contribution in [3.05, 3.63) is 58.6 Å². The standard InChI is InChI=1S/C35H38ClF2N5O3/c1-2-4-30(45)43-23-7-8-24(43)18-41(17-23)34-28-15-39-33(27-12-25(44)13-29(36)31(27)20-5-6-20)32(38)26(28)11-22(40-34)19-46-35-9-3-10-42(35)16-21(37)14-35/h2,4,11-13,15,20-21,23-24,44H,3,5-10,14,16-19H2,1H3/b4-2+. The molecule has 2 bridgehead atoms. The Morgan fingerprint density at radius 2 is 1.93 bits per heavy atom. The van der Waals surface area contributed by atoms with Gasteiger partial charge in [0.15, 0.2) is 5.82 Å². The summed E-state index contributed by atoms with van der Waals surface area (Å²) in [4.78, 5) is 28.8. The average Bonchev–Trinajstić information content (AvgIpc) is 3.63. The Balaban J connectivity index is 1.21. The molecule has 4 aliphatic heterocycles. The smallest absolute Gasteiger partial charge is 0.246 e. The lowest BCUT2D eigenvalue weighted by Gasteiger charge is -2.41. The Labute approximate surface area is 272 Å². The Bertz CT molecular complexity index is 1740. The lowest BCUT2D eigenvalue weighted by Crippen LogP contribution is -2.55. The Morgan fingerprint density at radius 3 is 2.67 bits per heavy atom. The van der Waals surface area contributed by atoms with E-state index in [4.69, 9.17) is 21.3 Å². The van der Waals surface area contributed by atoms with E-state index in [1.165, 1.54) is 6.07 Å². The molecule has 5 fully saturated rings. The zero-order valence-corrected chi connectivity index (χ0v) is 26.6. The van der Waals surface area contributed by atoms with E-state index in [2.05, 4.69) is 14.8 Å². The summed E-state index contributed by atoms with van der Waals surface area (Å²) >= 11 is 6.58. The molecule has 6 heterocycles. The van der Waals surface area contributed by atoms with E-state index in [1.54, 1.807) is 30.5 Å². The number of fused-ring (bicyclic) bond motifs is 4. The van der Waals surface area contributed by atoms with Crippen molar-refractivity contribution >= 4 is 34.1 Å². The maximum atomic E-state index is 16.8. The zero-order chi connectivity index (χ0) is 31.7. The number of rotatable bonds is 7. The van der Waals surface area contributed by atoms with E-state index in [-0.39, 0.29) is 42.0 Å². The van der Waals surface area contributed by atoms with Crippen LogP contribution in [0.15, 0.2) is 36.5 Å². The average molecular weight is 650 g/mol. The highest BCUT2D eigenvalue weighted by Gasteiger charge is 2.50. The summed E-state index contributed by atoms with van der Waals surface area (Å²) in [6.45, 7) is 4.28. The number of benzene rings is 1. The van der Waals surface area contributed by atoms with Crippen LogP contribution >= 0.6 is 11.6 Å². The Kier molecular flexibility index (Phi) is 7.45. The molecular weight excluding hydrogens is 612 g/mol. The van der Waals surface area contributed by atoms with Gasteiger partial charge in [-0.25, -0.2) is 13.8 Å². The summed E-state index contributed by atoms with van der Waals surface area (Å²) in [5.74, 6) is 0.274. The number of allylic oxidation sites excluding steroid dienone is 1. The minimum Gasteiger partial charge on any atom is -0.508 e. The fourth-order valence-corrected chi connectivity index (χ4v) is 8.81. The molecule has 4 saturated heterocycles. The summed E-state index contributed by atoms with van der Waals surface area (Å²) in [5.41, 5.74) is 1.34. The third-order valence-corrected chi connectivity index (χ3v) is 10.9. The first-order valence-electron chi connectivity index (χ1n) is 16.5. The summed E-state index contributed by atoms with van der Waals surface area (Å²) in [6.07, 6.45) is 9.84. The molecular formula is C35H38ClF2N5O3. The predicted molar refractivity (Wildman–Crippen MR) is 172 cm³/mol. The fraction of sp³-hybridized carbons (Fsp3) is 0.514. The molecule has 0 spiro atoms. The number of ether oxygens (including phenoxy) is 1. The molecule has 0 radical (unpaired) electrons. The van der Waals surface area contributed by atoms with Crippen molar-refractivity contribution in [2.75, 3.05) is 31.1 Å². The summed E-state index contributed by atoms with van der Waals surface area (Å²) in [6, 6.07) is 4.82. The number of hydrogen-bond acceptors (Lipinski definition) is 7. The van der Waals surface area contributed by atoms with Gasteiger partial charge in [-0.05, 0) is 81.2 Å². The van der Waals surface area contributed by atoms with Gasteiger partial charge in [0.2, 0.25) is 5.91 Å². The summed E-state index contributed by atoms with van der Waals surface area (Å²) < 4.78 is 37.8. The van der Waals surface area contributed by atoms with E-state index in [9.17, 15) is 14.3 Å². The second-order valence-corrected chi connectivity index (χ2v) is 14.0. The molecule has 1 amide bonds. The summed E-state index contributed by atoms with van der Waals surface area (Å²) in [7, 11) is 0. The second-order valence-electron chi connectivity index (χ2n) is 13.6.